The van der Waals surface area contributed by atoms with Crippen molar-refractivity contribution in [3.05, 3.63) is 42.1 Å². The molecule has 4 atom stereocenters. The molecule has 2 aliphatic heterocycles. The zero-order chi connectivity index (χ0) is 34.8. The minimum Gasteiger partial charge on any atom is -0.414 e. The quantitative estimate of drug-likeness (QED) is 0.134. The molecule has 2 saturated heterocycles. The van der Waals surface area contributed by atoms with Crippen molar-refractivity contribution in [1.82, 2.24) is 19.1 Å². The molecule has 266 valence electrons. The summed E-state index contributed by atoms with van der Waals surface area (Å²) in [5.74, 6) is -0.442. The van der Waals surface area contributed by atoms with Gasteiger partial charge >= 0.3 is 11.6 Å². The molecule has 2 aromatic rings. The van der Waals surface area contributed by atoms with Gasteiger partial charge in [0.1, 0.15) is 24.6 Å². The Kier molecular flexibility index (Phi) is 15.4. The Morgan fingerprint density at radius 2 is 1.36 bits per heavy atom. The maximum Gasteiger partial charge on any atom is 0.382 e. The third-order valence-electron chi connectivity index (χ3n) is 8.21. The van der Waals surface area contributed by atoms with E-state index in [0.717, 1.165) is 38.5 Å². The standard InChI is InChI=1S/C17H30BrN3O5Si.C11H16BrN3O5/c1-17(2,3)27(4,5)25-12-13(26-15-8-6-7-9-24-15)10-20-11-14(21(22)23)19-16(20)18;12-11-13-9(15(17)18)6-14(11)5-8(7-16)20-10-3-1-2-4-19-10/h11,13,15H,6-10,12H2,1-5H3;6,8,10,16H,1-5,7H2. The number of aliphatic hydroxyl groups is 1. The van der Waals surface area contributed by atoms with Crippen LogP contribution in [-0.4, -0.2) is 93.6 Å². The van der Waals surface area contributed by atoms with Gasteiger partial charge in [0.2, 0.25) is 0 Å². The molecule has 0 amide bonds. The predicted octanol–water partition coefficient (Wildman–Crippen LogP) is 5.95. The Hall–Kier alpha value is -1.84. The third-order valence-corrected chi connectivity index (χ3v) is 14.0. The molecule has 47 heavy (non-hydrogen) atoms. The zero-order valence-corrected chi connectivity index (χ0v) is 31.7. The minimum atomic E-state index is -1.94. The summed E-state index contributed by atoms with van der Waals surface area (Å²) in [6.07, 6.45) is 7.16. The lowest BCUT2D eigenvalue weighted by Crippen LogP contribution is -2.44. The molecule has 4 heterocycles. The van der Waals surface area contributed by atoms with Gasteiger partial charge in [0.05, 0.1) is 26.3 Å². The summed E-state index contributed by atoms with van der Waals surface area (Å²) >= 11 is 6.44. The number of hydrogen-bond acceptors (Lipinski definition) is 12. The lowest BCUT2D eigenvalue weighted by molar-refractivity contribution is -0.389. The Labute approximate surface area is 292 Å². The number of aliphatic hydroxyl groups excluding tert-OH is 1. The summed E-state index contributed by atoms with van der Waals surface area (Å²) in [6.45, 7) is 13.2. The first-order valence-electron chi connectivity index (χ1n) is 15.6. The lowest BCUT2D eigenvalue weighted by Gasteiger charge is -2.38. The monoisotopic (exact) mass is 812 g/mol. The second-order valence-electron chi connectivity index (χ2n) is 12.9. The summed E-state index contributed by atoms with van der Waals surface area (Å²) < 4.78 is 33.3. The number of halogens is 2. The van der Waals surface area contributed by atoms with Crippen molar-refractivity contribution >= 4 is 51.8 Å². The molecule has 0 radical (unpaired) electrons. The van der Waals surface area contributed by atoms with Gasteiger partial charge in [-0.2, -0.15) is 0 Å². The molecule has 0 bridgehead atoms. The SMILES string of the molecule is CC(C)(C)[Si](C)(C)OCC(Cn1cc([N+](=O)[O-])nc1Br)OC1CCCCO1.O=[N+]([O-])c1cn(CC(CO)OC2CCCCO2)c(Br)n1. The van der Waals surface area contributed by atoms with Crippen LogP contribution in [0.3, 0.4) is 0 Å². The number of aromatic nitrogens is 4. The normalized spacial score (nSPS) is 20.3. The van der Waals surface area contributed by atoms with Gasteiger partial charge in [-0.3, -0.25) is 9.13 Å². The topological polar surface area (TPSA) is 188 Å². The van der Waals surface area contributed by atoms with Crippen molar-refractivity contribution in [2.24, 2.45) is 0 Å². The van der Waals surface area contributed by atoms with Crippen LogP contribution in [0.4, 0.5) is 11.6 Å². The summed E-state index contributed by atoms with van der Waals surface area (Å²) in [5, 5.41) is 31.1. The second-order valence-corrected chi connectivity index (χ2v) is 19.1. The molecule has 0 aliphatic carbocycles. The molecule has 1 N–H and O–H groups in total. The Morgan fingerprint density at radius 1 is 0.915 bits per heavy atom. The van der Waals surface area contributed by atoms with E-state index in [1.807, 2.05) is 0 Å². The molecular weight excluding hydrogens is 768 g/mol. The average molecular weight is 815 g/mol. The van der Waals surface area contributed by atoms with E-state index >= 15 is 0 Å². The largest absolute Gasteiger partial charge is 0.414 e. The van der Waals surface area contributed by atoms with Gasteiger partial charge in [0.15, 0.2) is 20.9 Å². The molecule has 2 aromatic heterocycles. The molecule has 4 unspecified atom stereocenters. The predicted molar refractivity (Wildman–Crippen MR) is 180 cm³/mol. The molecule has 0 saturated carbocycles. The zero-order valence-electron chi connectivity index (χ0n) is 27.5. The molecule has 2 fully saturated rings. The molecule has 4 rings (SSSR count). The van der Waals surface area contributed by atoms with Gasteiger partial charge in [-0.1, -0.05) is 20.8 Å². The first kappa shape index (κ1) is 39.6. The number of nitrogens with zero attached hydrogens (tertiary/aromatic N) is 6. The van der Waals surface area contributed by atoms with Crippen molar-refractivity contribution in [2.75, 3.05) is 26.4 Å². The number of imidazole rings is 2. The third kappa shape index (κ3) is 12.5. The highest BCUT2D eigenvalue weighted by Gasteiger charge is 2.38. The van der Waals surface area contributed by atoms with E-state index in [0.29, 0.717) is 35.8 Å². The van der Waals surface area contributed by atoms with Crippen LogP contribution in [0.2, 0.25) is 18.1 Å². The average Bonchev–Trinajstić information content (AvgIpc) is 3.58. The molecule has 0 aromatic carbocycles. The van der Waals surface area contributed by atoms with Gasteiger partial charge in [0, 0.05) is 45.1 Å². The first-order chi connectivity index (χ1) is 22.1. The van der Waals surface area contributed by atoms with Crippen molar-refractivity contribution in [2.45, 2.75) is 115 Å². The smallest absolute Gasteiger partial charge is 0.382 e. The van der Waals surface area contributed by atoms with Gasteiger partial charge < -0.3 is 48.7 Å². The summed E-state index contributed by atoms with van der Waals surface area (Å²) in [7, 11) is -1.94. The van der Waals surface area contributed by atoms with E-state index < -0.39 is 24.3 Å². The maximum absolute atomic E-state index is 11.0. The van der Waals surface area contributed by atoms with Crippen LogP contribution in [0.5, 0.6) is 0 Å². The highest BCUT2D eigenvalue weighted by Crippen LogP contribution is 2.37. The molecule has 0 spiro atoms. The van der Waals surface area contributed by atoms with Crippen LogP contribution in [0.25, 0.3) is 0 Å². The van der Waals surface area contributed by atoms with Crippen LogP contribution >= 0.6 is 31.9 Å². The molecule has 19 heteroatoms. The number of ether oxygens (including phenoxy) is 4. The van der Waals surface area contributed by atoms with Crippen LogP contribution < -0.4 is 0 Å². The second kappa shape index (κ2) is 18.2. The Morgan fingerprint density at radius 3 is 1.72 bits per heavy atom. The number of rotatable bonds is 14. The summed E-state index contributed by atoms with van der Waals surface area (Å²) in [4.78, 5) is 28.2. The van der Waals surface area contributed by atoms with Crippen LogP contribution in [0.15, 0.2) is 21.9 Å². The lowest BCUT2D eigenvalue weighted by atomic mass is 10.2. The Bertz CT molecular complexity index is 1300. The van der Waals surface area contributed by atoms with E-state index in [9.17, 15) is 25.3 Å². The fourth-order valence-electron chi connectivity index (χ4n) is 4.49. The van der Waals surface area contributed by atoms with E-state index in [1.165, 1.54) is 17.0 Å². The first-order valence-corrected chi connectivity index (χ1v) is 20.1. The maximum atomic E-state index is 11.0. The van der Waals surface area contributed by atoms with E-state index in [2.05, 4.69) is 75.7 Å². The van der Waals surface area contributed by atoms with Crippen LogP contribution in [-0.2, 0) is 36.5 Å². The molecule has 16 nitrogen and oxygen atoms in total. The molecular formula is C28H46Br2N6O10Si. The van der Waals surface area contributed by atoms with E-state index in [4.69, 9.17) is 23.4 Å². The van der Waals surface area contributed by atoms with Crippen molar-refractivity contribution in [1.29, 1.82) is 0 Å². The van der Waals surface area contributed by atoms with E-state index in [-0.39, 0.29) is 48.5 Å². The highest BCUT2D eigenvalue weighted by atomic mass is 79.9. The summed E-state index contributed by atoms with van der Waals surface area (Å²) in [6, 6.07) is 0. The Balaban J connectivity index is 0.000000267. The molecule has 2 aliphatic rings. The van der Waals surface area contributed by atoms with E-state index in [1.54, 1.807) is 4.57 Å². The minimum absolute atomic E-state index is 0.0905. The van der Waals surface area contributed by atoms with Crippen molar-refractivity contribution < 1.29 is 38.3 Å². The van der Waals surface area contributed by atoms with Gasteiger partial charge in [0.25, 0.3) is 9.47 Å². The summed E-state index contributed by atoms with van der Waals surface area (Å²) in [5.41, 5.74) is 0. The highest BCUT2D eigenvalue weighted by molar-refractivity contribution is 9.10. The van der Waals surface area contributed by atoms with Crippen molar-refractivity contribution in [3.63, 3.8) is 0 Å². The van der Waals surface area contributed by atoms with Gasteiger partial charge in [-0.15, -0.1) is 0 Å². The van der Waals surface area contributed by atoms with Crippen molar-refractivity contribution in [3.8, 4) is 0 Å². The fourth-order valence-corrected chi connectivity index (χ4v) is 6.39. The van der Waals surface area contributed by atoms with Gasteiger partial charge in [-0.25, -0.2) is 0 Å². The fraction of sp³-hybridized carbons (Fsp3) is 0.786. The number of nitro groups is 2. The van der Waals surface area contributed by atoms with Crippen LogP contribution in [0, 0.1) is 20.2 Å². The van der Waals surface area contributed by atoms with Crippen LogP contribution in [0.1, 0.15) is 59.3 Å². The number of hydrogen-bond donors (Lipinski definition) is 1. The van der Waals surface area contributed by atoms with Gasteiger partial charge in [-0.05, 0) is 76.5 Å².